The van der Waals surface area contributed by atoms with Gasteiger partial charge in [-0.25, -0.2) is 9.97 Å². The average Bonchev–Trinajstić information content (AvgIpc) is 3.30. The Morgan fingerprint density at radius 3 is 2.55 bits per heavy atom. The Balaban J connectivity index is 1.30. The Morgan fingerprint density at radius 2 is 1.91 bits per heavy atom. The molecule has 7 rings (SSSR count). The molecule has 4 aliphatic carbocycles. The number of fused-ring (bicyclic) bond motifs is 1. The summed E-state index contributed by atoms with van der Waals surface area (Å²) in [6.07, 6.45) is -0.120. The summed E-state index contributed by atoms with van der Waals surface area (Å²) in [6.45, 7) is 8.70. The minimum Gasteiger partial charge on any atom is -0.402 e. The normalized spacial score (nSPS) is 33.4. The monoisotopic (exact) mass is 462 g/mol. The fourth-order valence-electron chi connectivity index (χ4n) is 6.70. The molecule has 2 unspecified atom stereocenters. The van der Waals surface area contributed by atoms with E-state index in [4.69, 9.17) is 10.7 Å². The van der Waals surface area contributed by atoms with Crippen LogP contribution in [0.3, 0.4) is 0 Å². The maximum absolute atomic E-state index is 12.8. The van der Waals surface area contributed by atoms with Crippen molar-refractivity contribution in [3.05, 3.63) is 24.3 Å². The molecule has 3 heterocycles. The molecule has 0 radical (unpaired) electrons. The van der Waals surface area contributed by atoms with Crippen LogP contribution in [0.15, 0.2) is 18.5 Å². The number of hydrogen-bond donors (Lipinski definition) is 1. The highest BCUT2D eigenvalue weighted by atomic mass is 19.4. The van der Waals surface area contributed by atoms with Crippen LogP contribution in [0, 0.1) is 17.8 Å². The minimum absolute atomic E-state index is 0.144. The Labute approximate surface area is 190 Å². The van der Waals surface area contributed by atoms with Gasteiger partial charge in [-0.2, -0.15) is 0 Å². The zero-order valence-electron chi connectivity index (χ0n) is 19.0. The van der Waals surface area contributed by atoms with Gasteiger partial charge in [0.15, 0.2) is 11.6 Å². The summed E-state index contributed by atoms with van der Waals surface area (Å²) < 4.78 is 44.7. The Hall–Kier alpha value is -2.33. The number of aromatic nitrogens is 3. The number of halogens is 3. The molecule has 2 bridgehead atoms. The molecule has 10 heteroatoms. The van der Waals surface area contributed by atoms with Crippen molar-refractivity contribution in [1.29, 1.82) is 0 Å². The fourth-order valence-corrected chi connectivity index (χ4v) is 6.70. The zero-order valence-corrected chi connectivity index (χ0v) is 19.0. The number of anilines is 1. The number of ether oxygens (including phenoxy) is 1. The molecule has 2 N–H and O–H groups in total. The first-order chi connectivity index (χ1) is 15.6. The van der Waals surface area contributed by atoms with Gasteiger partial charge in [0.25, 0.3) is 0 Å². The van der Waals surface area contributed by atoms with Gasteiger partial charge in [-0.05, 0) is 31.4 Å². The third kappa shape index (κ3) is 3.10. The zero-order chi connectivity index (χ0) is 23.3. The molecule has 1 saturated heterocycles. The molecular formula is C23H29F3N6O. The van der Waals surface area contributed by atoms with Crippen LogP contribution in [-0.4, -0.2) is 70.0 Å². The van der Waals surface area contributed by atoms with E-state index in [0.29, 0.717) is 35.1 Å². The van der Waals surface area contributed by atoms with Crippen LogP contribution >= 0.6 is 0 Å². The number of nitrogen functional groups attached to an aromatic ring is 1. The quantitative estimate of drug-likeness (QED) is 0.736. The van der Waals surface area contributed by atoms with Gasteiger partial charge >= 0.3 is 6.36 Å². The maximum atomic E-state index is 12.8. The number of hydrogen-bond acceptors (Lipinski definition) is 6. The Kier molecular flexibility index (Phi) is 4.40. The first-order valence-corrected chi connectivity index (χ1v) is 11.6. The van der Waals surface area contributed by atoms with E-state index >= 15 is 0 Å². The van der Waals surface area contributed by atoms with Crippen LogP contribution in [0.25, 0.3) is 11.3 Å². The molecule has 1 aliphatic heterocycles. The summed E-state index contributed by atoms with van der Waals surface area (Å²) >= 11 is 0. The van der Waals surface area contributed by atoms with Crippen molar-refractivity contribution < 1.29 is 17.9 Å². The molecule has 2 aromatic heterocycles. The summed E-state index contributed by atoms with van der Waals surface area (Å²) in [4.78, 5) is 13.8. The largest absolute Gasteiger partial charge is 0.573 e. The molecule has 4 saturated carbocycles. The van der Waals surface area contributed by atoms with Crippen molar-refractivity contribution in [1.82, 2.24) is 24.3 Å². The molecule has 33 heavy (non-hydrogen) atoms. The molecule has 7 nitrogen and oxygen atoms in total. The van der Waals surface area contributed by atoms with Gasteiger partial charge in [0.2, 0.25) is 0 Å². The highest BCUT2D eigenvalue weighted by molar-refractivity contribution is 5.64. The van der Waals surface area contributed by atoms with Gasteiger partial charge in [-0.15, -0.1) is 13.2 Å². The number of nitrogens with zero attached hydrogens (tertiary/aromatic N) is 5. The highest BCUT2D eigenvalue weighted by Crippen LogP contribution is 2.89. The number of likely N-dealkylation sites (N-methyl/N-ethyl adjacent to an activating group) is 1. The first kappa shape index (κ1) is 21.2. The van der Waals surface area contributed by atoms with Crippen LogP contribution in [0.1, 0.15) is 32.0 Å². The van der Waals surface area contributed by atoms with Crippen molar-refractivity contribution in [3.8, 4) is 17.0 Å². The predicted octanol–water partition coefficient (Wildman–Crippen LogP) is 3.14. The second-order valence-corrected chi connectivity index (χ2v) is 10.4. The maximum Gasteiger partial charge on any atom is 0.573 e. The van der Waals surface area contributed by atoms with E-state index in [1.54, 1.807) is 0 Å². The van der Waals surface area contributed by atoms with Crippen molar-refractivity contribution in [2.45, 2.75) is 44.1 Å². The van der Waals surface area contributed by atoms with Gasteiger partial charge < -0.3 is 19.9 Å². The molecule has 0 amide bonds. The summed E-state index contributed by atoms with van der Waals surface area (Å²) in [6, 6.07) is 1.91. The SMILES string of the molecule is CC(C)c1nc(-c2cnc(N)c(OC(F)(F)F)c2)cn1C12C3[C@@H](N4CCN(C)CC4)C[C@@H]1[C@H]32. The molecule has 5 aliphatic rings. The van der Waals surface area contributed by atoms with Crippen LogP contribution < -0.4 is 10.5 Å². The summed E-state index contributed by atoms with van der Waals surface area (Å²) in [5.41, 5.74) is 6.84. The van der Waals surface area contributed by atoms with E-state index in [2.05, 4.69) is 45.0 Å². The Bertz CT molecular complexity index is 1090. The van der Waals surface area contributed by atoms with E-state index < -0.39 is 12.1 Å². The lowest BCUT2D eigenvalue weighted by atomic mass is 10.1. The van der Waals surface area contributed by atoms with Crippen molar-refractivity contribution in [2.75, 3.05) is 39.0 Å². The second-order valence-electron chi connectivity index (χ2n) is 10.4. The standard InChI is InChI=1S/C23H29F3N6O/c1-12(2)21-29-15(13-8-17(20(27)28-10-13)33-23(24,25)26)11-32(21)22-14-9-16(19(22)18(14)22)31-6-4-30(3)5-7-31/h8,10-12,14,16,18-19H,4-7,9H2,1-3H3,(H2,27,28)/t14-,16+,18-,19?,22?/m1/s1. The lowest BCUT2D eigenvalue weighted by Crippen LogP contribution is -2.49. The fraction of sp³-hybridized carbons (Fsp3) is 0.652. The average molecular weight is 463 g/mol. The van der Waals surface area contributed by atoms with E-state index in [9.17, 15) is 13.2 Å². The molecule has 0 aromatic carbocycles. The topological polar surface area (TPSA) is 72.4 Å². The van der Waals surface area contributed by atoms with Gasteiger partial charge in [-0.1, -0.05) is 13.8 Å². The second kappa shape index (κ2) is 6.85. The van der Waals surface area contributed by atoms with Crippen LogP contribution in [0.5, 0.6) is 5.75 Å². The van der Waals surface area contributed by atoms with Crippen molar-refractivity contribution in [2.24, 2.45) is 17.8 Å². The lowest BCUT2D eigenvalue weighted by Gasteiger charge is -2.36. The van der Waals surface area contributed by atoms with Crippen molar-refractivity contribution in [3.63, 3.8) is 0 Å². The number of pyridine rings is 1. The van der Waals surface area contributed by atoms with Crippen LogP contribution in [-0.2, 0) is 5.54 Å². The van der Waals surface area contributed by atoms with Gasteiger partial charge in [0.1, 0.15) is 5.82 Å². The van der Waals surface area contributed by atoms with Gasteiger partial charge in [0, 0.05) is 62.0 Å². The Morgan fingerprint density at radius 1 is 1.18 bits per heavy atom. The van der Waals surface area contributed by atoms with E-state index in [1.807, 2.05) is 6.20 Å². The summed E-state index contributed by atoms with van der Waals surface area (Å²) in [5.74, 6) is 2.42. The lowest BCUT2D eigenvalue weighted by molar-refractivity contribution is -0.274. The summed E-state index contributed by atoms with van der Waals surface area (Å²) in [7, 11) is 2.18. The smallest absolute Gasteiger partial charge is 0.402 e. The number of rotatable bonds is 5. The molecule has 0 spiro atoms. The van der Waals surface area contributed by atoms with Gasteiger partial charge in [0.05, 0.1) is 11.2 Å². The number of nitrogens with two attached hydrogens (primary N) is 1. The van der Waals surface area contributed by atoms with Crippen LogP contribution in [0.4, 0.5) is 19.0 Å². The van der Waals surface area contributed by atoms with Crippen LogP contribution in [0.2, 0.25) is 0 Å². The number of piperazine rings is 1. The minimum atomic E-state index is -4.83. The van der Waals surface area contributed by atoms with Gasteiger partial charge in [-0.3, -0.25) is 4.90 Å². The molecular weight excluding hydrogens is 433 g/mol. The molecule has 5 atom stereocenters. The molecule has 178 valence electrons. The predicted molar refractivity (Wildman–Crippen MR) is 117 cm³/mol. The number of alkyl halides is 3. The third-order valence-electron chi connectivity index (χ3n) is 8.25. The number of imidazole rings is 1. The third-order valence-corrected chi connectivity index (χ3v) is 8.25. The van der Waals surface area contributed by atoms with Crippen molar-refractivity contribution >= 4 is 5.82 Å². The molecule has 2 aromatic rings. The summed E-state index contributed by atoms with van der Waals surface area (Å²) in [5, 5.41) is 0. The first-order valence-electron chi connectivity index (χ1n) is 11.6. The van der Waals surface area contributed by atoms with E-state index in [1.165, 1.54) is 18.7 Å². The highest BCUT2D eigenvalue weighted by Gasteiger charge is 2.93. The van der Waals surface area contributed by atoms with E-state index in [0.717, 1.165) is 32.0 Å². The molecule has 5 fully saturated rings. The van der Waals surface area contributed by atoms with E-state index in [-0.39, 0.29) is 17.3 Å².